The molecule has 1 unspecified atom stereocenters. The highest BCUT2D eigenvalue weighted by atomic mass is 16.1. The molecule has 2 aromatic carbocycles. The molecule has 0 radical (unpaired) electrons. The molecule has 5 heteroatoms. The first-order valence-corrected chi connectivity index (χ1v) is 8.99. The summed E-state index contributed by atoms with van der Waals surface area (Å²) in [7, 11) is 0. The van der Waals surface area contributed by atoms with Crippen molar-refractivity contribution in [2.45, 2.75) is 39.3 Å². The molecular weight excluding hydrogens is 324 g/mol. The van der Waals surface area contributed by atoms with Crippen LogP contribution < -0.4 is 11.1 Å². The van der Waals surface area contributed by atoms with Crippen LogP contribution in [0, 0.1) is 6.92 Å². The van der Waals surface area contributed by atoms with Crippen molar-refractivity contribution in [3.05, 3.63) is 65.5 Å². The molecule has 1 heterocycles. The average Bonchev–Trinajstić information content (AvgIpc) is 2.95. The lowest BCUT2D eigenvalue weighted by atomic mass is 9.99. The van der Waals surface area contributed by atoms with Crippen molar-refractivity contribution in [3.8, 4) is 0 Å². The SMILES string of the molecule is Cc1nc2ccccc2n1CC(=O)NCC(N)c1ccc(C(C)C)cc1. The molecule has 0 bridgehead atoms. The maximum Gasteiger partial charge on any atom is 0.240 e. The van der Waals surface area contributed by atoms with E-state index < -0.39 is 0 Å². The highest BCUT2D eigenvalue weighted by Crippen LogP contribution is 2.18. The first-order chi connectivity index (χ1) is 12.5. The van der Waals surface area contributed by atoms with Crippen molar-refractivity contribution in [3.63, 3.8) is 0 Å². The molecule has 0 aliphatic rings. The molecule has 1 amide bonds. The van der Waals surface area contributed by atoms with Gasteiger partial charge in [-0.15, -0.1) is 0 Å². The second kappa shape index (κ2) is 7.70. The second-order valence-electron chi connectivity index (χ2n) is 6.97. The van der Waals surface area contributed by atoms with Crippen molar-refractivity contribution in [2.75, 3.05) is 6.54 Å². The fourth-order valence-electron chi connectivity index (χ4n) is 3.06. The van der Waals surface area contributed by atoms with Gasteiger partial charge in [-0.3, -0.25) is 4.79 Å². The van der Waals surface area contributed by atoms with Gasteiger partial charge in [-0.25, -0.2) is 4.98 Å². The lowest BCUT2D eigenvalue weighted by Gasteiger charge is -2.15. The predicted octanol–water partition coefficient (Wildman–Crippen LogP) is 3.28. The van der Waals surface area contributed by atoms with E-state index in [9.17, 15) is 4.79 Å². The van der Waals surface area contributed by atoms with E-state index in [-0.39, 0.29) is 18.5 Å². The van der Waals surface area contributed by atoms with Crippen molar-refractivity contribution in [2.24, 2.45) is 5.73 Å². The van der Waals surface area contributed by atoms with E-state index in [1.165, 1.54) is 5.56 Å². The third-order valence-electron chi connectivity index (χ3n) is 4.70. The van der Waals surface area contributed by atoms with Crippen LogP contribution in [0.3, 0.4) is 0 Å². The number of para-hydroxylation sites is 2. The molecule has 0 aliphatic carbocycles. The van der Waals surface area contributed by atoms with Gasteiger partial charge in [0.2, 0.25) is 5.91 Å². The zero-order chi connectivity index (χ0) is 18.7. The second-order valence-corrected chi connectivity index (χ2v) is 6.97. The van der Waals surface area contributed by atoms with Crippen LogP contribution >= 0.6 is 0 Å². The number of imidazole rings is 1. The highest BCUT2D eigenvalue weighted by molar-refractivity contribution is 5.81. The minimum Gasteiger partial charge on any atom is -0.353 e. The Balaban J connectivity index is 1.60. The van der Waals surface area contributed by atoms with Gasteiger partial charge in [-0.1, -0.05) is 50.2 Å². The monoisotopic (exact) mass is 350 g/mol. The number of carbonyl (C=O) groups excluding carboxylic acids is 1. The van der Waals surface area contributed by atoms with Gasteiger partial charge in [0.25, 0.3) is 0 Å². The Labute approximate surface area is 154 Å². The maximum absolute atomic E-state index is 12.4. The average molecular weight is 350 g/mol. The summed E-state index contributed by atoms with van der Waals surface area (Å²) >= 11 is 0. The van der Waals surface area contributed by atoms with Crippen LogP contribution in [0.5, 0.6) is 0 Å². The Hall–Kier alpha value is -2.66. The maximum atomic E-state index is 12.4. The predicted molar refractivity (Wildman–Crippen MR) is 105 cm³/mol. The van der Waals surface area contributed by atoms with Gasteiger partial charge in [0.1, 0.15) is 12.4 Å². The zero-order valence-corrected chi connectivity index (χ0v) is 15.6. The molecule has 0 spiro atoms. The van der Waals surface area contributed by atoms with Crippen LogP contribution in [0.2, 0.25) is 0 Å². The molecule has 3 rings (SSSR count). The lowest BCUT2D eigenvalue weighted by Crippen LogP contribution is -2.34. The van der Waals surface area contributed by atoms with Crippen LogP contribution in [-0.2, 0) is 11.3 Å². The Morgan fingerprint density at radius 3 is 2.46 bits per heavy atom. The van der Waals surface area contributed by atoms with Crippen molar-refractivity contribution < 1.29 is 4.79 Å². The van der Waals surface area contributed by atoms with Crippen molar-refractivity contribution in [1.82, 2.24) is 14.9 Å². The van der Waals surface area contributed by atoms with Crippen LogP contribution in [-0.4, -0.2) is 22.0 Å². The first-order valence-electron chi connectivity index (χ1n) is 8.99. The fraction of sp³-hybridized carbons (Fsp3) is 0.333. The Bertz CT molecular complexity index is 896. The quantitative estimate of drug-likeness (QED) is 0.716. The molecule has 1 atom stereocenters. The third kappa shape index (κ3) is 3.94. The molecule has 0 saturated heterocycles. The minimum atomic E-state index is -0.221. The largest absolute Gasteiger partial charge is 0.353 e. The number of aryl methyl sites for hydroxylation is 1. The molecule has 0 saturated carbocycles. The number of carbonyl (C=O) groups is 1. The van der Waals surface area contributed by atoms with E-state index in [4.69, 9.17) is 5.73 Å². The summed E-state index contributed by atoms with van der Waals surface area (Å²) in [6.07, 6.45) is 0. The smallest absolute Gasteiger partial charge is 0.240 e. The molecule has 5 nitrogen and oxygen atoms in total. The summed E-state index contributed by atoms with van der Waals surface area (Å²) < 4.78 is 1.92. The lowest BCUT2D eigenvalue weighted by molar-refractivity contribution is -0.121. The summed E-state index contributed by atoms with van der Waals surface area (Å²) in [4.78, 5) is 16.9. The zero-order valence-electron chi connectivity index (χ0n) is 15.6. The molecule has 3 N–H and O–H groups in total. The number of hydrogen-bond donors (Lipinski definition) is 2. The van der Waals surface area contributed by atoms with Gasteiger partial charge in [0.15, 0.2) is 0 Å². The fourth-order valence-corrected chi connectivity index (χ4v) is 3.06. The van der Waals surface area contributed by atoms with E-state index in [1.807, 2.05) is 47.9 Å². The Morgan fingerprint density at radius 1 is 1.12 bits per heavy atom. The molecule has 0 fully saturated rings. The molecule has 0 aliphatic heterocycles. The third-order valence-corrected chi connectivity index (χ3v) is 4.70. The molecular formula is C21H26N4O. The van der Waals surface area contributed by atoms with Gasteiger partial charge in [0, 0.05) is 12.6 Å². The highest BCUT2D eigenvalue weighted by Gasteiger charge is 2.12. The summed E-state index contributed by atoms with van der Waals surface area (Å²) in [6, 6.07) is 15.9. The number of hydrogen-bond acceptors (Lipinski definition) is 3. The summed E-state index contributed by atoms with van der Waals surface area (Å²) in [5, 5.41) is 2.94. The van der Waals surface area contributed by atoms with Crippen molar-refractivity contribution >= 4 is 16.9 Å². The number of benzene rings is 2. The van der Waals surface area contributed by atoms with Crippen LogP contribution in [0.15, 0.2) is 48.5 Å². The number of nitrogens with zero attached hydrogens (tertiary/aromatic N) is 2. The van der Waals surface area contributed by atoms with Gasteiger partial charge in [-0.05, 0) is 36.1 Å². The summed E-state index contributed by atoms with van der Waals surface area (Å²) in [5.41, 5.74) is 10.4. The molecule has 1 aromatic heterocycles. The summed E-state index contributed by atoms with van der Waals surface area (Å²) in [6.45, 7) is 6.89. The first kappa shape index (κ1) is 18.1. The van der Waals surface area contributed by atoms with E-state index in [0.29, 0.717) is 12.5 Å². The van der Waals surface area contributed by atoms with E-state index in [1.54, 1.807) is 0 Å². The number of rotatable bonds is 6. The topological polar surface area (TPSA) is 72.9 Å². The summed E-state index contributed by atoms with van der Waals surface area (Å²) in [5.74, 6) is 1.26. The number of aromatic nitrogens is 2. The van der Waals surface area contributed by atoms with Crippen LogP contribution in [0.25, 0.3) is 11.0 Å². The van der Waals surface area contributed by atoms with Crippen LogP contribution in [0.1, 0.15) is 42.8 Å². The number of fused-ring (bicyclic) bond motifs is 1. The van der Waals surface area contributed by atoms with Gasteiger partial charge in [0.05, 0.1) is 11.0 Å². The van der Waals surface area contributed by atoms with Gasteiger partial charge >= 0.3 is 0 Å². The molecule has 26 heavy (non-hydrogen) atoms. The van der Waals surface area contributed by atoms with Crippen LogP contribution in [0.4, 0.5) is 0 Å². The van der Waals surface area contributed by atoms with Gasteiger partial charge in [-0.2, -0.15) is 0 Å². The number of nitrogens with one attached hydrogen (secondary N) is 1. The normalized spacial score (nSPS) is 12.5. The van der Waals surface area contributed by atoms with Crippen molar-refractivity contribution in [1.29, 1.82) is 0 Å². The molecule has 3 aromatic rings. The van der Waals surface area contributed by atoms with E-state index in [2.05, 4.69) is 36.3 Å². The standard InChI is InChI=1S/C21H26N4O/c1-14(2)16-8-10-17(11-9-16)18(22)12-23-21(26)13-25-15(3)24-19-6-4-5-7-20(19)25/h4-11,14,18H,12-13,22H2,1-3H3,(H,23,26). The van der Waals surface area contributed by atoms with Gasteiger partial charge < -0.3 is 15.6 Å². The van der Waals surface area contributed by atoms with E-state index in [0.717, 1.165) is 22.4 Å². The Kier molecular flexibility index (Phi) is 5.38. The minimum absolute atomic E-state index is 0.0643. The number of nitrogens with two attached hydrogens (primary N) is 1. The number of amides is 1. The molecule has 136 valence electrons. The van der Waals surface area contributed by atoms with E-state index >= 15 is 0 Å². The Morgan fingerprint density at radius 2 is 1.77 bits per heavy atom.